The van der Waals surface area contributed by atoms with Crippen molar-refractivity contribution in [2.24, 2.45) is 11.8 Å². The fourth-order valence-electron chi connectivity index (χ4n) is 2.40. The van der Waals surface area contributed by atoms with Crippen molar-refractivity contribution in [3.63, 3.8) is 0 Å². The number of nitrogens with one attached hydrogen (secondary N) is 1. The molecular weight excluding hydrogens is 198 g/mol. The molecule has 3 N–H and O–H groups in total. The number of pyridine rings is 1. The van der Waals surface area contributed by atoms with Gasteiger partial charge in [0.05, 0.1) is 0 Å². The van der Waals surface area contributed by atoms with E-state index in [1.165, 1.54) is 19.3 Å². The topological polar surface area (TPSA) is 50.9 Å². The number of hydrogen-bond donors (Lipinski definition) is 2. The van der Waals surface area contributed by atoms with Crippen LogP contribution in [0, 0.1) is 18.8 Å². The van der Waals surface area contributed by atoms with Gasteiger partial charge in [0.25, 0.3) is 0 Å². The van der Waals surface area contributed by atoms with Gasteiger partial charge >= 0.3 is 0 Å². The molecule has 1 aromatic rings. The van der Waals surface area contributed by atoms with Crippen molar-refractivity contribution in [1.29, 1.82) is 0 Å². The van der Waals surface area contributed by atoms with E-state index < -0.39 is 0 Å². The normalized spacial score (nSPS) is 24.6. The highest BCUT2D eigenvalue weighted by atomic mass is 15.0. The summed E-state index contributed by atoms with van der Waals surface area (Å²) in [7, 11) is 0. The first-order valence-electron chi connectivity index (χ1n) is 6.11. The lowest BCUT2D eigenvalue weighted by Crippen LogP contribution is -2.12. The zero-order valence-corrected chi connectivity index (χ0v) is 10.2. The van der Waals surface area contributed by atoms with E-state index in [-0.39, 0.29) is 0 Å². The van der Waals surface area contributed by atoms with Crippen LogP contribution in [-0.4, -0.2) is 11.5 Å². The molecule has 1 aliphatic rings. The Morgan fingerprint density at radius 3 is 2.94 bits per heavy atom. The summed E-state index contributed by atoms with van der Waals surface area (Å²) >= 11 is 0. The second-order valence-electron chi connectivity index (χ2n) is 5.09. The van der Waals surface area contributed by atoms with Crippen molar-refractivity contribution in [1.82, 2.24) is 4.98 Å². The van der Waals surface area contributed by atoms with Crippen LogP contribution >= 0.6 is 0 Å². The van der Waals surface area contributed by atoms with Crippen LogP contribution in [0.25, 0.3) is 0 Å². The van der Waals surface area contributed by atoms with Gasteiger partial charge in [-0.1, -0.05) is 13.3 Å². The van der Waals surface area contributed by atoms with Gasteiger partial charge in [-0.15, -0.1) is 0 Å². The standard InChI is InChI=1S/C13H21N3/c1-9-3-4-11(5-9)8-16-13-6-12(14)10(2)7-15-13/h6-7,9,11H,3-5,8H2,1-2H3,(H3,14,15,16). The molecule has 0 radical (unpaired) electrons. The Morgan fingerprint density at radius 1 is 1.50 bits per heavy atom. The third-order valence-corrected chi connectivity index (χ3v) is 3.52. The van der Waals surface area contributed by atoms with E-state index >= 15 is 0 Å². The zero-order chi connectivity index (χ0) is 11.5. The van der Waals surface area contributed by atoms with Crippen LogP contribution in [0.4, 0.5) is 11.5 Å². The molecule has 0 spiro atoms. The van der Waals surface area contributed by atoms with Gasteiger partial charge in [-0.2, -0.15) is 0 Å². The number of aryl methyl sites for hydroxylation is 1. The first-order valence-corrected chi connectivity index (χ1v) is 6.11. The predicted molar refractivity (Wildman–Crippen MR) is 68.4 cm³/mol. The lowest BCUT2D eigenvalue weighted by molar-refractivity contribution is 0.536. The molecule has 2 unspecified atom stereocenters. The molecule has 0 aliphatic heterocycles. The van der Waals surface area contributed by atoms with E-state index in [9.17, 15) is 0 Å². The Kier molecular flexibility index (Phi) is 3.32. The van der Waals surface area contributed by atoms with Gasteiger partial charge < -0.3 is 11.1 Å². The Bertz CT molecular complexity index is 362. The predicted octanol–water partition coefficient (Wildman–Crippen LogP) is 2.82. The van der Waals surface area contributed by atoms with Crippen LogP contribution in [0.15, 0.2) is 12.3 Å². The highest BCUT2D eigenvalue weighted by Crippen LogP contribution is 2.30. The fraction of sp³-hybridized carbons (Fsp3) is 0.615. The van der Waals surface area contributed by atoms with Gasteiger partial charge in [0.2, 0.25) is 0 Å². The fourth-order valence-corrected chi connectivity index (χ4v) is 2.40. The minimum Gasteiger partial charge on any atom is -0.398 e. The maximum Gasteiger partial charge on any atom is 0.127 e. The molecule has 0 bridgehead atoms. The summed E-state index contributed by atoms with van der Waals surface area (Å²) in [5.74, 6) is 2.60. The third-order valence-electron chi connectivity index (χ3n) is 3.52. The second kappa shape index (κ2) is 4.73. The number of nitrogens with two attached hydrogens (primary N) is 1. The summed E-state index contributed by atoms with van der Waals surface area (Å²) in [6, 6.07) is 1.92. The molecule has 0 saturated heterocycles. The van der Waals surface area contributed by atoms with Crippen molar-refractivity contribution in [3.8, 4) is 0 Å². The number of rotatable bonds is 3. The molecule has 88 valence electrons. The van der Waals surface area contributed by atoms with Gasteiger partial charge in [0.1, 0.15) is 5.82 Å². The monoisotopic (exact) mass is 219 g/mol. The zero-order valence-electron chi connectivity index (χ0n) is 10.2. The Hall–Kier alpha value is -1.25. The van der Waals surface area contributed by atoms with Crippen molar-refractivity contribution in [2.45, 2.75) is 33.1 Å². The summed E-state index contributed by atoms with van der Waals surface area (Å²) in [6.07, 6.45) is 5.88. The van der Waals surface area contributed by atoms with Crippen molar-refractivity contribution in [3.05, 3.63) is 17.8 Å². The van der Waals surface area contributed by atoms with E-state index in [1.807, 2.05) is 19.2 Å². The van der Waals surface area contributed by atoms with E-state index in [1.54, 1.807) is 0 Å². The lowest BCUT2D eigenvalue weighted by atomic mass is 10.1. The molecule has 1 heterocycles. The smallest absolute Gasteiger partial charge is 0.127 e. The van der Waals surface area contributed by atoms with Crippen LogP contribution in [-0.2, 0) is 0 Å². The summed E-state index contributed by atoms with van der Waals surface area (Å²) in [5, 5.41) is 3.38. The maximum absolute atomic E-state index is 5.85. The third kappa shape index (κ3) is 2.65. The number of anilines is 2. The van der Waals surface area contributed by atoms with E-state index in [0.29, 0.717) is 0 Å². The summed E-state index contributed by atoms with van der Waals surface area (Å²) in [6.45, 7) is 5.34. The quantitative estimate of drug-likeness (QED) is 0.822. The Labute approximate surface area is 97.5 Å². The number of nitrogens with zero attached hydrogens (tertiary/aromatic N) is 1. The molecule has 1 fully saturated rings. The largest absolute Gasteiger partial charge is 0.398 e. The summed E-state index contributed by atoms with van der Waals surface area (Å²) in [5.41, 5.74) is 7.71. The van der Waals surface area contributed by atoms with Crippen molar-refractivity contribution < 1.29 is 0 Å². The van der Waals surface area contributed by atoms with Crippen LogP contribution in [0.1, 0.15) is 31.7 Å². The van der Waals surface area contributed by atoms with Crippen LogP contribution in [0.5, 0.6) is 0 Å². The van der Waals surface area contributed by atoms with E-state index in [4.69, 9.17) is 5.73 Å². The molecule has 3 nitrogen and oxygen atoms in total. The molecule has 2 rings (SSSR count). The number of nitrogen functional groups attached to an aromatic ring is 1. The SMILES string of the molecule is Cc1cnc(NCC2CCC(C)C2)cc1N. The minimum atomic E-state index is 0.805. The molecule has 0 aromatic carbocycles. The number of hydrogen-bond acceptors (Lipinski definition) is 3. The van der Waals surface area contributed by atoms with E-state index in [0.717, 1.165) is 35.4 Å². The Balaban J connectivity index is 1.87. The maximum atomic E-state index is 5.85. The first kappa shape index (κ1) is 11.2. The van der Waals surface area contributed by atoms with Gasteiger partial charge in [0.15, 0.2) is 0 Å². The first-order chi connectivity index (χ1) is 7.65. The molecule has 1 aromatic heterocycles. The lowest BCUT2D eigenvalue weighted by Gasteiger charge is -2.12. The van der Waals surface area contributed by atoms with Gasteiger partial charge in [-0.3, -0.25) is 0 Å². The van der Waals surface area contributed by atoms with Gasteiger partial charge in [-0.25, -0.2) is 4.98 Å². The average Bonchev–Trinajstić information content (AvgIpc) is 2.66. The van der Waals surface area contributed by atoms with Gasteiger partial charge in [-0.05, 0) is 37.2 Å². The van der Waals surface area contributed by atoms with Crippen LogP contribution in [0.3, 0.4) is 0 Å². The average molecular weight is 219 g/mol. The van der Waals surface area contributed by atoms with Crippen molar-refractivity contribution >= 4 is 11.5 Å². The van der Waals surface area contributed by atoms with Gasteiger partial charge in [0, 0.05) is 24.5 Å². The molecule has 1 aliphatic carbocycles. The van der Waals surface area contributed by atoms with E-state index in [2.05, 4.69) is 17.2 Å². The molecule has 16 heavy (non-hydrogen) atoms. The highest BCUT2D eigenvalue weighted by Gasteiger charge is 2.20. The molecule has 1 saturated carbocycles. The molecular formula is C13H21N3. The molecule has 3 heteroatoms. The summed E-state index contributed by atoms with van der Waals surface area (Å²) in [4.78, 5) is 4.33. The molecule has 2 atom stereocenters. The van der Waals surface area contributed by atoms with Crippen LogP contribution < -0.4 is 11.1 Å². The minimum absolute atomic E-state index is 0.805. The Morgan fingerprint density at radius 2 is 2.31 bits per heavy atom. The molecule has 0 amide bonds. The van der Waals surface area contributed by atoms with Crippen molar-refractivity contribution in [2.75, 3.05) is 17.6 Å². The second-order valence-corrected chi connectivity index (χ2v) is 5.09. The number of aromatic nitrogens is 1. The highest BCUT2D eigenvalue weighted by molar-refractivity contribution is 5.53. The summed E-state index contributed by atoms with van der Waals surface area (Å²) < 4.78 is 0. The van der Waals surface area contributed by atoms with Crippen LogP contribution in [0.2, 0.25) is 0 Å².